The van der Waals surface area contributed by atoms with Crippen LogP contribution in [0, 0.1) is 11.3 Å². The summed E-state index contributed by atoms with van der Waals surface area (Å²) in [5.74, 6) is 2.07. The van der Waals surface area contributed by atoms with Gasteiger partial charge in [-0.05, 0) is 43.3 Å². The predicted octanol–water partition coefficient (Wildman–Crippen LogP) is 5.20. The van der Waals surface area contributed by atoms with Gasteiger partial charge >= 0.3 is 0 Å². The van der Waals surface area contributed by atoms with Gasteiger partial charge in [0.2, 0.25) is 0 Å². The minimum absolute atomic E-state index is 0.446. The quantitative estimate of drug-likeness (QED) is 0.517. The van der Waals surface area contributed by atoms with Crippen LogP contribution in [0.5, 0.6) is 17.2 Å². The van der Waals surface area contributed by atoms with E-state index in [1.807, 2.05) is 42.6 Å². The van der Waals surface area contributed by atoms with Crippen LogP contribution in [0.4, 0.5) is 5.69 Å². The SMILES string of the molecule is CCOc1ccc(-c2csc(/C(C#N)=C/Nc3ccc(OC)c(OC)c3)n2)cc1. The number of hydrogen-bond acceptors (Lipinski definition) is 7. The second-order valence-corrected chi connectivity index (χ2v) is 6.74. The van der Waals surface area contributed by atoms with E-state index >= 15 is 0 Å². The molecule has 1 heterocycles. The Morgan fingerprint density at radius 1 is 1.14 bits per heavy atom. The highest BCUT2D eigenvalue weighted by Gasteiger charge is 2.10. The van der Waals surface area contributed by atoms with Crippen molar-refractivity contribution in [3.63, 3.8) is 0 Å². The second kappa shape index (κ2) is 9.62. The van der Waals surface area contributed by atoms with Gasteiger partial charge in [-0.25, -0.2) is 4.98 Å². The van der Waals surface area contributed by atoms with Crippen LogP contribution in [0.15, 0.2) is 54.0 Å². The molecule has 0 atom stereocenters. The Hall–Kier alpha value is -3.50. The number of rotatable bonds is 8. The van der Waals surface area contributed by atoms with E-state index in [2.05, 4.69) is 16.4 Å². The molecule has 1 N–H and O–H groups in total. The summed E-state index contributed by atoms with van der Waals surface area (Å²) >= 11 is 1.42. The van der Waals surface area contributed by atoms with Crippen molar-refractivity contribution < 1.29 is 14.2 Å². The van der Waals surface area contributed by atoms with E-state index in [4.69, 9.17) is 14.2 Å². The van der Waals surface area contributed by atoms with Crippen molar-refractivity contribution in [3.8, 4) is 34.6 Å². The van der Waals surface area contributed by atoms with Gasteiger partial charge in [0, 0.05) is 28.9 Å². The smallest absolute Gasteiger partial charge is 0.162 e. The highest BCUT2D eigenvalue weighted by Crippen LogP contribution is 2.31. The fourth-order valence-corrected chi connectivity index (χ4v) is 3.44. The van der Waals surface area contributed by atoms with Gasteiger partial charge in [-0.3, -0.25) is 0 Å². The summed E-state index contributed by atoms with van der Waals surface area (Å²) in [6, 6.07) is 15.4. The molecule has 0 saturated carbocycles. The largest absolute Gasteiger partial charge is 0.494 e. The molecule has 0 aliphatic rings. The molecule has 2 aromatic carbocycles. The Morgan fingerprint density at radius 3 is 2.55 bits per heavy atom. The van der Waals surface area contributed by atoms with Crippen LogP contribution in [0.25, 0.3) is 16.8 Å². The Balaban J connectivity index is 1.78. The van der Waals surface area contributed by atoms with Crippen LogP contribution in [-0.4, -0.2) is 25.8 Å². The molecule has 0 amide bonds. The molecule has 0 fully saturated rings. The van der Waals surface area contributed by atoms with Crippen LogP contribution < -0.4 is 19.5 Å². The van der Waals surface area contributed by atoms with E-state index in [9.17, 15) is 5.26 Å². The standard InChI is InChI=1S/C22H21N3O3S/c1-4-28-18-8-5-15(6-9-18)19-14-29-22(25-19)16(12-23)13-24-17-7-10-20(26-2)21(11-17)27-3/h5-11,13-14,24H,4H2,1-3H3/b16-13+. The Bertz CT molecular complexity index is 1040. The molecule has 7 heteroatoms. The summed E-state index contributed by atoms with van der Waals surface area (Å²) in [6.07, 6.45) is 1.64. The van der Waals surface area contributed by atoms with Gasteiger partial charge in [-0.2, -0.15) is 5.26 Å². The predicted molar refractivity (Wildman–Crippen MR) is 115 cm³/mol. The number of nitrogens with one attached hydrogen (secondary N) is 1. The van der Waals surface area contributed by atoms with Crippen molar-refractivity contribution >= 4 is 22.6 Å². The van der Waals surface area contributed by atoms with Crippen molar-refractivity contribution in [2.75, 3.05) is 26.1 Å². The maximum atomic E-state index is 9.56. The molecule has 29 heavy (non-hydrogen) atoms. The molecule has 1 aromatic heterocycles. The summed E-state index contributed by atoms with van der Waals surface area (Å²) < 4.78 is 16.0. The zero-order valence-corrected chi connectivity index (χ0v) is 17.2. The van der Waals surface area contributed by atoms with Gasteiger partial charge in [-0.1, -0.05) is 0 Å². The average Bonchev–Trinajstić information content (AvgIpc) is 3.25. The first kappa shape index (κ1) is 20.2. The third kappa shape index (κ3) is 4.86. The van der Waals surface area contributed by atoms with Crippen molar-refractivity contribution in [2.24, 2.45) is 0 Å². The molecule has 0 aliphatic heterocycles. The number of nitrogens with zero attached hydrogens (tertiary/aromatic N) is 2. The monoisotopic (exact) mass is 407 g/mol. The molecular weight excluding hydrogens is 386 g/mol. The number of hydrogen-bond donors (Lipinski definition) is 1. The first-order valence-electron chi connectivity index (χ1n) is 8.96. The normalized spacial score (nSPS) is 10.9. The van der Waals surface area contributed by atoms with E-state index in [1.54, 1.807) is 32.6 Å². The Kier molecular flexibility index (Phi) is 6.72. The number of methoxy groups -OCH3 is 2. The fourth-order valence-electron chi connectivity index (χ4n) is 2.64. The third-order valence-corrected chi connectivity index (χ3v) is 4.96. The van der Waals surface area contributed by atoms with Crippen molar-refractivity contribution in [1.82, 2.24) is 4.98 Å². The van der Waals surface area contributed by atoms with Gasteiger partial charge in [0.25, 0.3) is 0 Å². The van der Waals surface area contributed by atoms with Crippen LogP contribution in [0.1, 0.15) is 11.9 Å². The summed E-state index contributed by atoms with van der Waals surface area (Å²) in [5, 5.41) is 15.3. The highest BCUT2D eigenvalue weighted by atomic mass is 32.1. The minimum Gasteiger partial charge on any atom is -0.494 e. The van der Waals surface area contributed by atoms with E-state index in [0.29, 0.717) is 28.7 Å². The molecule has 0 radical (unpaired) electrons. The lowest BCUT2D eigenvalue weighted by Crippen LogP contribution is -1.94. The maximum absolute atomic E-state index is 9.56. The van der Waals surface area contributed by atoms with Crippen LogP contribution in [-0.2, 0) is 0 Å². The molecule has 3 rings (SSSR count). The van der Waals surface area contributed by atoms with Gasteiger partial charge < -0.3 is 19.5 Å². The first-order chi connectivity index (χ1) is 14.2. The summed E-state index contributed by atoms with van der Waals surface area (Å²) in [5.41, 5.74) is 3.02. The second-order valence-electron chi connectivity index (χ2n) is 5.88. The lowest BCUT2D eigenvalue weighted by atomic mass is 10.2. The van der Waals surface area contributed by atoms with E-state index in [-0.39, 0.29) is 0 Å². The fraction of sp³-hybridized carbons (Fsp3) is 0.182. The molecule has 0 spiro atoms. The molecule has 0 saturated heterocycles. The number of allylic oxidation sites excluding steroid dienone is 1. The van der Waals surface area contributed by atoms with Gasteiger partial charge in [0.1, 0.15) is 22.4 Å². The van der Waals surface area contributed by atoms with Crippen molar-refractivity contribution in [2.45, 2.75) is 6.92 Å². The maximum Gasteiger partial charge on any atom is 0.162 e. The topological polar surface area (TPSA) is 76.4 Å². The van der Waals surface area contributed by atoms with Gasteiger partial charge in [-0.15, -0.1) is 11.3 Å². The lowest BCUT2D eigenvalue weighted by Gasteiger charge is -2.09. The number of nitriles is 1. The van der Waals surface area contributed by atoms with Crippen LogP contribution in [0.3, 0.4) is 0 Å². The van der Waals surface area contributed by atoms with Crippen LogP contribution in [0.2, 0.25) is 0 Å². The average molecular weight is 407 g/mol. The van der Waals surface area contributed by atoms with Crippen LogP contribution >= 0.6 is 11.3 Å². The zero-order chi connectivity index (χ0) is 20.6. The molecule has 0 unspecified atom stereocenters. The first-order valence-corrected chi connectivity index (χ1v) is 9.84. The molecule has 148 valence electrons. The summed E-state index contributed by atoms with van der Waals surface area (Å²) in [4.78, 5) is 4.60. The molecule has 0 aliphatic carbocycles. The highest BCUT2D eigenvalue weighted by molar-refractivity contribution is 7.11. The van der Waals surface area contributed by atoms with Crippen molar-refractivity contribution in [3.05, 3.63) is 59.1 Å². The lowest BCUT2D eigenvalue weighted by molar-refractivity contribution is 0.340. The summed E-state index contributed by atoms with van der Waals surface area (Å²) in [6.45, 7) is 2.58. The molecule has 0 bridgehead atoms. The third-order valence-electron chi connectivity index (χ3n) is 4.08. The number of ether oxygens (including phenoxy) is 3. The number of thiazole rings is 1. The molecule has 3 aromatic rings. The minimum atomic E-state index is 0.446. The molecular formula is C22H21N3O3S. The number of benzene rings is 2. The van der Waals surface area contributed by atoms with E-state index in [1.165, 1.54) is 11.3 Å². The van der Waals surface area contributed by atoms with Gasteiger partial charge in [0.05, 0.1) is 26.5 Å². The zero-order valence-electron chi connectivity index (χ0n) is 16.4. The Labute approximate surface area is 174 Å². The molecule has 6 nitrogen and oxygen atoms in total. The van der Waals surface area contributed by atoms with Crippen molar-refractivity contribution in [1.29, 1.82) is 5.26 Å². The summed E-state index contributed by atoms with van der Waals surface area (Å²) in [7, 11) is 3.17. The van der Waals surface area contributed by atoms with E-state index in [0.717, 1.165) is 22.7 Å². The van der Waals surface area contributed by atoms with Gasteiger partial charge in [0.15, 0.2) is 11.5 Å². The number of aromatic nitrogens is 1. The number of anilines is 1. The Morgan fingerprint density at radius 2 is 1.90 bits per heavy atom. The van der Waals surface area contributed by atoms with E-state index < -0.39 is 0 Å².